The molecule has 63 heavy (non-hydrogen) atoms. The van der Waals surface area contributed by atoms with Gasteiger partial charge in [0.15, 0.2) is 0 Å². The van der Waals surface area contributed by atoms with E-state index in [-0.39, 0.29) is 0 Å². The van der Waals surface area contributed by atoms with Crippen molar-refractivity contribution in [1.82, 2.24) is 0 Å². The fourth-order valence-corrected chi connectivity index (χ4v) is 9.27. The van der Waals surface area contributed by atoms with Crippen molar-refractivity contribution in [2.45, 2.75) is 0 Å². The lowest BCUT2D eigenvalue weighted by Crippen LogP contribution is -2.09. The topological polar surface area (TPSA) is 3.24 Å². The van der Waals surface area contributed by atoms with Crippen LogP contribution in [0.25, 0.3) is 88.3 Å². The molecule has 0 N–H and O–H groups in total. The minimum Gasteiger partial charge on any atom is -0.311 e. The first kappa shape index (κ1) is 37.7. The van der Waals surface area contributed by atoms with Crippen molar-refractivity contribution < 1.29 is 0 Å². The zero-order valence-corrected chi connectivity index (χ0v) is 34.8. The molecule has 0 amide bonds. The van der Waals surface area contributed by atoms with Crippen LogP contribution in [0.4, 0.5) is 17.1 Å². The number of rotatable bonds is 9. The van der Waals surface area contributed by atoms with Crippen molar-refractivity contribution in [2.75, 3.05) is 4.90 Å². The van der Waals surface area contributed by atoms with Crippen molar-refractivity contribution in [3.8, 4) is 66.8 Å². The van der Waals surface area contributed by atoms with Gasteiger partial charge in [0.05, 0.1) is 0 Å². The molecule has 0 radical (unpaired) electrons. The summed E-state index contributed by atoms with van der Waals surface area (Å²) in [6.45, 7) is 0. The third kappa shape index (κ3) is 7.26. The van der Waals surface area contributed by atoms with Crippen LogP contribution in [0.2, 0.25) is 0 Å². The van der Waals surface area contributed by atoms with Crippen LogP contribution in [0.15, 0.2) is 261 Å². The summed E-state index contributed by atoms with van der Waals surface area (Å²) in [6.07, 6.45) is 0. The molecule has 0 atom stereocenters. The van der Waals surface area contributed by atoms with Gasteiger partial charge < -0.3 is 4.90 Å². The van der Waals surface area contributed by atoms with Gasteiger partial charge in [0.25, 0.3) is 0 Å². The Morgan fingerprint density at radius 2 is 0.476 bits per heavy atom. The van der Waals surface area contributed by atoms with Crippen molar-refractivity contribution in [3.63, 3.8) is 0 Å². The van der Waals surface area contributed by atoms with E-state index in [1.807, 2.05) is 0 Å². The Kier molecular flexibility index (Phi) is 9.97. The molecule has 0 spiro atoms. The molecule has 11 aromatic rings. The minimum absolute atomic E-state index is 1.09. The normalized spacial score (nSPS) is 11.2. The van der Waals surface area contributed by atoms with E-state index in [4.69, 9.17) is 0 Å². The average Bonchev–Trinajstić information content (AvgIpc) is 3.37. The van der Waals surface area contributed by atoms with Gasteiger partial charge in [-0.3, -0.25) is 0 Å². The summed E-state index contributed by atoms with van der Waals surface area (Å²) in [5.74, 6) is 0. The Labute approximate surface area is 369 Å². The maximum Gasteiger partial charge on any atom is 0.0462 e. The molecule has 11 aromatic carbocycles. The van der Waals surface area contributed by atoms with E-state index in [9.17, 15) is 0 Å². The SMILES string of the molecule is c1ccc(-c2ccc(N(c3ccc(-c4ccccc4-c4ccccc4-c4ccccc4-c4cccc5ccccc45)cc3)c3ccc(-c4cccc5ccccc45)cc3)cc2)cc1. The van der Waals surface area contributed by atoms with E-state index in [1.165, 1.54) is 82.7 Å². The Hall–Kier alpha value is -8.26. The van der Waals surface area contributed by atoms with Gasteiger partial charge in [-0.15, -0.1) is 0 Å². The Balaban J connectivity index is 0.980. The van der Waals surface area contributed by atoms with Crippen LogP contribution < -0.4 is 4.90 Å². The molecule has 296 valence electrons. The maximum absolute atomic E-state index is 2.36. The molecule has 0 fully saturated rings. The lowest BCUT2D eigenvalue weighted by molar-refractivity contribution is 1.28. The molecule has 11 rings (SSSR count). The number of anilines is 3. The number of fused-ring (bicyclic) bond motifs is 2. The van der Waals surface area contributed by atoms with Gasteiger partial charge in [0.1, 0.15) is 0 Å². The van der Waals surface area contributed by atoms with Gasteiger partial charge in [0.2, 0.25) is 0 Å². The monoisotopic (exact) mass is 801 g/mol. The van der Waals surface area contributed by atoms with Crippen LogP contribution in [0.3, 0.4) is 0 Å². The Morgan fingerprint density at radius 3 is 0.984 bits per heavy atom. The second kappa shape index (κ2) is 16.7. The second-order valence-corrected chi connectivity index (χ2v) is 16.0. The summed E-state index contributed by atoms with van der Waals surface area (Å²) in [5.41, 5.74) is 17.8. The predicted molar refractivity (Wildman–Crippen MR) is 269 cm³/mol. The molecule has 0 saturated carbocycles. The third-order valence-electron chi connectivity index (χ3n) is 12.3. The fraction of sp³-hybridized carbons (Fsp3) is 0. The van der Waals surface area contributed by atoms with Gasteiger partial charge in [-0.25, -0.2) is 0 Å². The summed E-state index contributed by atoms with van der Waals surface area (Å²) in [7, 11) is 0. The summed E-state index contributed by atoms with van der Waals surface area (Å²) in [6, 6.07) is 94.5. The zero-order chi connectivity index (χ0) is 42.0. The summed E-state index contributed by atoms with van der Waals surface area (Å²) >= 11 is 0. The minimum atomic E-state index is 1.09. The first-order valence-electron chi connectivity index (χ1n) is 21.7. The first-order chi connectivity index (χ1) is 31.3. The quantitative estimate of drug-likeness (QED) is 0.141. The van der Waals surface area contributed by atoms with E-state index in [1.54, 1.807) is 0 Å². The standard InChI is InChI=1S/C62H43N/c1-2-16-44(17-3-1)45-32-38-50(39-33-45)63(51-40-34-48(35-41-51)54-30-14-20-46-18-4-6-22-53(46)54)52-42-36-49(37-43-52)56-24-8-9-25-57(56)59-26-10-12-28-61(59)62-29-13-11-27-60(62)58-31-15-21-47-19-5-7-23-55(47)58/h1-43H. The van der Waals surface area contributed by atoms with Crippen LogP contribution in [-0.4, -0.2) is 0 Å². The van der Waals surface area contributed by atoms with E-state index in [0.717, 1.165) is 22.6 Å². The molecule has 0 aliphatic heterocycles. The Bertz CT molecular complexity index is 3350. The third-order valence-corrected chi connectivity index (χ3v) is 12.3. The highest BCUT2D eigenvalue weighted by molar-refractivity contribution is 6.03. The van der Waals surface area contributed by atoms with Crippen LogP contribution in [0.1, 0.15) is 0 Å². The number of benzene rings is 11. The van der Waals surface area contributed by atoms with E-state index < -0.39 is 0 Å². The van der Waals surface area contributed by atoms with E-state index in [0.29, 0.717) is 0 Å². The second-order valence-electron chi connectivity index (χ2n) is 16.0. The van der Waals surface area contributed by atoms with E-state index >= 15 is 0 Å². The molecule has 0 heterocycles. The molecule has 0 saturated heterocycles. The van der Waals surface area contributed by atoms with Crippen molar-refractivity contribution >= 4 is 38.6 Å². The van der Waals surface area contributed by atoms with Crippen molar-refractivity contribution in [2.24, 2.45) is 0 Å². The van der Waals surface area contributed by atoms with Gasteiger partial charge in [-0.1, -0.05) is 224 Å². The fourth-order valence-electron chi connectivity index (χ4n) is 9.27. The molecular weight excluding hydrogens is 759 g/mol. The molecule has 0 aliphatic rings. The van der Waals surface area contributed by atoms with Gasteiger partial charge in [-0.05, 0) is 125 Å². The van der Waals surface area contributed by atoms with Crippen LogP contribution in [0.5, 0.6) is 0 Å². The van der Waals surface area contributed by atoms with Gasteiger partial charge >= 0.3 is 0 Å². The Morgan fingerprint density at radius 1 is 0.175 bits per heavy atom. The summed E-state index contributed by atoms with van der Waals surface area (Å²) in [4.78, 5) is 2.36. The number of hydrogen-bond donors (Lipinski definition) is 0. The van der Waals surface area contributed by atoms with Crippen LogP contribution in [-0.2, 0) is 0 Å². The first-order valence-corrected chi connectivity index (χ1v) is 21.7. The highest BCUT2D eigenvalue weighted by Gasteiger charge is 2.18. The predicted octanol–water partition coefficient (Wildman–Crippen LogP) is 17.5. The molecule has 1 nitrogen and oxygen atoms in total. The maximum atomic E-state index is 2.36. The smallest absolute Gasteiger partial charge is 0.0462 e. The largest absolute Gasteiger partial charge is 0.311 e. The summed E-state index contributed by atoms with van der Waals surface area (Å²) < 4.78 is 0. The van der Waals surface area contributed by atoms with Crippen molar-refractivity contribution in [1.29, 1.82) is 0 Å². The summed E-state index contributed by atoms with van der Waals surface area (Å²) in [5, 5.41) is 5.00. The number of hydrogen-bond acceptors (Lipinski definition) is 1. The van der Waals surface area contributed by atoms with E-state index in [2.05, 4.69) is 266 Å². The van der Waals surface area contributed by atoms with Gasteiger partial charge in [-0.2, -0.15) is 0 Å². The lowest BCUT2D eigenvalue weighted by atomic mass is 9.86. The van der Waals surface area contributed by atoms with Crippen LogP contribution in [0, 0.1) is 0 Å². The highest BCUT2D eigenvalue weighted by Crippen LogP contribution is 2.44. The molecule has 0 unspecified atom stereocenters. The van der Waals surface area contributed by atoms with Gasteiger partial charge in [0, 0.05) is 17.1 Å². The molecular formula is C62H43N. The molecule has 1 heteroatoms. The van der Waals surface area contributed by atoms with Crippen LogP contribution >= 0.6 is 0 Å². The molecule has 0 aliphatic carbocycles. The lowest BCUT2D eigenvalue weighted by Gasteiger charge is -2.26. The van der Waals surface area contributed by atoms with Crippen molar-refractivity contribution in [3.05, 3.63) is 261 Å². The molecule has 0 aromatic heterocycles. The molecule has 0 bridgehead atoms. The highest BCUT2D eigenvalue weighted by atomic mass is 15.1. The number of nitrogens with zero attached hydrogens (tertiary/aromatic N) is 1. The average molecular weight is 802 g/mol. The zero-order valence-electron chi connectivity index (χ0n) is 34.8.